The molecular formula is C7H12IN2O-. The molecule has 0 amide bonds. The number of aromatic nitrogens is 2. The van der Waals surface area contributed by atoms with Crippen molar-refractivity contribution in [3.05, 3.63) is 9.79 Å². The van der Waals surface area contributed by atoms with Crippen molar-refractivity contribution in [2.24, 2.45) is 0 Å². The van der Waals surface area contributed by atoms with Gasteiger partial charge in [0.25, 0.3) is 0 Å². The zero-order chi connectivity index (χ0) is 8.48. The molecule has 1 aromatic heterocycles. The molecule has 0 aliphatic carbocycles. The van der Waals surface area contributed by atoms with Crippen LogP contribution in [-0.2, 0) is 5.41 Å². The predicted octanol–water partition coefficient (Wildman–Crippen LogP) is -1.74. The Kier molecular flexibility index (Phi) is 2.51. The maximum absolute atomic E-state index is 5.42. The molecule has 0 saturated heterocycles. The normalized spacial score (nSPS) is 12.4. The van der Waals surface area contributed by atoms with Gasteiger partial charge in [-0.25, -0.2) is 0 Å². The molecule has 0 aliphatic rings. The first-order valence-corrected chi connectivity index (χ1v) is 6.61. The number of hydrogen-bond donors (Lipinski definition) is 0. The summed E-state index contributed by atoms with van der Waals surface area (Å²) in [5.74, 6) is 0.744. The van der Waals surface area contributed by atoms with Crippen LogP contribution in [0.3, 0.4) is 0 Å². The minimum absolute atomic E-state index is 0.00976. The van der Waals surface area contributed by atoms with E-state index in [9.17, 15) is 0 Å². The Bertz CT molecular complexity index is 239. The molecule has 4 heteroatoms. The second kappa shape index (κ2) is 3.08. The summed E-state index contributed by atoms with van der Waals surface area (Å²) in [5.41, 5.74) is -0.00976. The van der Waals surface area contributed by atoms with E-state index < -0.39 is 0 Å². The topological polar surface area (TPSA) is 38.9 Å². The first-order valence-electron chi connectivity index (χ1n) is 3.37. The van der Waals surface area contributed by atoms with E-state index in [1.807, 2.05) is 0 Å². The second-order valence-corrected chi connectivity index (χ2v) is 5.30. The monoisotopic (exact) mass is 267 g/mol. The molecule has 0 aliphatic heterocycles. The van der Waals surface area contributed by atoms with Crippen LogP contribution < -0.4 is 21.2 Å². The molecule has 11 heavy (non-hydrogen) atoms. The van der Waals surface area contributed by atoms with Gasteiger partial charge in [0, 0.05) is 0 Å². The molecule has 0 bridgehead atoms. The Hall–Kier alpha value is -0.130. The van der Waals surface area contributed by atoms with Gasteiger partial charge in [0.1, 0.15) is 0 Å². The second-order valence-electron chi connectivity index (χ2n) is 3.30. The van der Waals surface area contributed by atoms with Crippen LogP contribution in [0.25, 0.3) is 0 Å². The number of hydrogen-bond acceptors (Lipinski definition) is 3. The van der Waals surface area contributed by atoms with Crippen molar-refractivity contribution in [2.45, 2.75) is 26.2 Å². The fraction of sp³-hybridized carbons (Fsp3) is 0.714. The summed E-state index contributed by atoms with van der Waals surface area (Å²) in [4.78, 5) is 2.11. The molecule has 0 N–H and O–H groups in total. The molecule has 0 spiro atoms. The van der Waals surface area contributed by atoms with Gasteiger partial charge in [0.05, 0.1) is 0 Å². The number of nitrogens with zero attached hydrogens (tertiary/aromatic N) is 2. The Morgan fingerprint density at radius 2 is 1.91 bits per heavy atom. The molecule has 64 valence electrons. The molecule has 0 unspecified atom stereocenters. The Balaban J connectivity index is 2.89. The molecule has 1 heterocycles. The van der Waals surface area contributed by atoms with Crippen molar-refractivity contribution in [3.63, 3.8) is 0 Å². The van der Waals surface area contributed by atoms with Crippen LogP contribution in [0.1, 0.15) is 26.7 Å². The van der Waals surface area contributed by atoms with Crippen molar-refractivity contribution in [2.75, 3.05) is 4.93 Å². The van der Waals surface area contributed by atoms with Crippen LogP contribution >= 0.6 is 0 Å². The van der Waals surface area contributed by atoms with Crippen LogP contribution in [0.5, 0.6) is 0 Å². The molecule has 3 nitrogen and oxygen atoms in total. The van der Waals surface area contributed by atoms with E-state index in [1.165, 1.54) is 0 Å². The number of alkyl halides is 1. The predicted molar refractivity (Wildman–Crippen MR) is 37.6 cm³/mol. The molecule has 0 atom stereocenters. The van der Waals surface area contributed by atoms with Crippen molar-refractivity contribution in [1.29, 1.82) is 0 Å². The van der Waals surface area contributed by atoms with Crippen molar-refractivity contribution < 1.29 is 25.6 Å². The summed E-state index contributed by atoms with van der Waals surface area (Å²) < 4.78 is 6.25. The summed E-state index contributed by atoms with van der Waals surface area (Å²) in [6.07, 6.45) is 0. The van der Waals surface area contributed by atoms with Crippen molar-refractivity contribution in [1.82, 2.24) is 10.2 Å². The van der Waals surface area contributed by atoms with Gasteiger partial charge in [-0.05, 0) is 0 Å². The third kappa shape index (κ3) is 2.15. The fourth-order valence-electron chi connectivity index (χ4n) is 0.585. The van der Waals surface area contributed by atoms with Gasteiger partial charge in [-0.1, -0.05) is 0 Å². The third-order valence-electron chi connectivity index (χ3n) is 1.20. The van der Waals surface area contributed by atoms with Crippen LogP contribution in [0.4, 0.5) is 0 Å². The van der Waals surface area contributed by atoms with Gasteiger partial charge in [0.2, 0.25) is 0 Å². The Morgan fingerprint density at radius 1 is 1.27 bits per heavy atom. The van der Waals surface area contributed by atoms with Gasteiger partial charge in [-0.15, -0.1) is 0 Å². The van der Waals surface area contributed by atoms with Gasteiger partial charge in [-0.3, -0.25) is 0 Å². The van der Waals surface area contributed by atoms with E-state index in [0.29, 0.717) is 0 Å². The number of halogens is 1. The van der Waals surface area contributed by atoms with E-state index in [1.54, 1.807) is 0 Å². The molecular weight excluding hydrogens is 255 g/mol. The molecule has 1 aromatic rings. The molecule has 0 aromatic carbocycles. The SMILES string of the molecule is C[I-]c1nnc(C(C)(C)C)o1. The van der Waals surface area contributed by atoms with Gasteiger partial charge in [-0.2, -0.15) is 0 Å². The van der Waals surface area contributed by atoms with E-state index in [2.05, 4.69) is 35.9 Å². The first kappa shape index (κ1) is 8.96. The molecule has 0 radical (unpaired) electrons. The average Bonchev–Trinajstić information content (AvgIpc) is 2.32. The molecule has 1 rings (SSSR count). The van der Waals surface area contributed by atoms with Gasteiger partial charge >= 0.3 is 76.7 Å². The van der Waals surface area contributed by atoms with Crippen LogP contribution in [0.15, 0.2) is 4.42 Å². The van der Waals surface area contributed by atoms with Crippen LogP contribution in [0.2, 0.25) is 0 Å². The summed E-state index contributed by atoms with van der Waals surface area (Å²) in [6.45, 7) is 6.20. The van der Waals surface area contributed by atoms with Crippen molar-refractivity contribution in [3.8, 4) is 0 Å². The third-order valence-corrected chi connectivity index (χ3v) is 2.56. The Morgan fingerprint density at radius 3 is 2.18 bits per heavy atom. The fourth-order valence-corrected chi connectivity index (χ4v) is 1.34. The van der Waals surface area contributed by atoms with Crippen LogP contribution in [0, 0.1) is 3.90 Å². The van der Waals surface area contributed by atoms with E-state index in [0.717, 1.165) is 9.79 Å². The van der Waals surface area contributed by atoms with E-state index in [-0.39, 0.29) is 26.6 Å². The standard InChI is InChI=1S/C7H12IN2O/c1-7(2,3)5-9-10-6(8-4)11-5/h1-4H3/q-1. The van der Waals surface area contributed by atoms with Gasteiger partial charge in [0.15, 0.2) is 0 Å². The minimum atomic E-state index is -0.0584. The first-order chi connectivity index (χ1) is 5.04. The zero-order valence-electron chi connectivity index (χ0n) is 7.18. The molecule has 0 fully saturated rings. The summed E-state index contributed by atoms with van der Waals surface area (Å²) in [7, 11) is 0. The maximum atomic E-state index is 5.42. The number of rotatable bonds is 1. The zero-order valence-corrected chi connectivity index (χ0v) is 9.34. The van der Waals surface area contributed by atoms with Crippen LogP contribution in [-0.4, -0.2) is 15.1 Å². The molecule has 0 saturated carbocycles. The summed E-state index contributed by atoms with van der Waals surface area (Å²) in [5, 5.41) is 7.90. The quantitative estimate of drug-likeness (QED) is 0.448. The van der Waals surface area contributed by atoms with E-state index in [4.69, 9.17) is 4.42 Å². The summed E-state index contributed by atoms with van der Waals surface area (Å²) >= 11 is -0.0584. The Labute approximate surface area is 76.8 Å². The average molecular weight is 267 g/mol. The summed E-state index contributed by atoms with van der Waals surface area (Å²) in [6, 6.07) is 0. The van der Waals surface area contributed by atoms with Gasteiger partial charge < -0.3 is 0 Å². The van der Waals surface area contributed by atoms with E-state index >= 15 is 0 Å². The van der Waals surface area contributed by atoms with Crippen molar-refractivity contribution >= 4 is 0 Å².